The first-order valence-electron chi connectivity index (χ1n) is 6.72. The molecule has 2 rings (SSSR count). The van der Waals surface area contributed by atoms with Gasteiger partial charge in [-0.15, -0.1) is 0 Å². The summed E-state index contributed by atoms with van der Waals surface area (Å²) in [6.07, 6.45) is 1.09. The van der Waals surface area contributed by atoms with E-state index >= 15 is 0 Å². The van der Waals surface area contributed by atoms with Gasteiger partial charge in [-0.2, -0.15) is 0 Å². The summed E-state index contributed by atoms with van der Waals surface area (Å²) in [5, 5.41) is 7.26. The summed E-state index contributed by atoms with van der Waals surface area (Å²) in [5.41, 5.74) is 2.23. The molecule has 1 amide bonds. The second kappa shape index (κ2) is 6.66. The van der Waals surface area contributed by atoms with Crippen LogP contribution >= 0.6 is 0 Å². The van der Waals surface area contributed by atoms with Crippen LogP contribution in [0.25, 0.3) is 0 Å². The van der Waals surface area contributed by atoms with Crippen LogP contribution in [-0.4, -0.2) is 24.1 Å². The molecular weight excluding hydrogens is 260 g/mol. The maximum Gasteiger partial charge on any atom is 0.238 e. The van der Waals surface area contributed by atoms with E-state index in [9.17, 15) is 4.79 Å². The zero-order valence-electron chi connectivity index (χ0n) is 12.0. The Balaban J connectivity index is 2.45. The van der Waals surface area contributed by atoms with E-state index in [-0.39, 0.29) is 5.91 Å². The van der Waals surface area contributed by atoms with E-state index < -0.39 is 5.92 Å². The molecule has 0 atom stereocenters. The Morgan fingerprint density at radius 2 is 1.48 bits per heavy atom. The number of likely N-dealkylation sites (N-methyl/N-ethyl adjacent to an activating group) is 1. The molecule has 21 heavy (non-hydrogen) atoms. The van der Waals surface area contributed by atoms with E-state index in [1.165, 1.54) is 4.90 Å². The number of carbonyl (C=O) groups excluding carboxylic acids is 1. The molecular formula is C18H18N2O. The van der Waals surface area contributed by atoms with E-state index in [0.29, 0.717) is 5.70 Å². The van der Waals surface area contributed by atoms with Crippen molar-refractivity contribution in [2.45, 2.75) is 5.92 Å². The van der Waals surface area contributed by atoms with Gasteiger partial charge in [0, 0.05) is 13.3 Å². The summed E-state index contributed by atoms with van der Waals surface area (Å²) in [6, 6.07) is 19.3. The van der Waals surface area contributed by atoms with Crippen LogP contribution in [0.3, 0.4) is 0 Å². The molecule has 0 heterocycles. The number of hydrogen-bond donors (Lipinski definition) is 1. The van der Waals surface area contributed by atoms with Gasteiger partial charge in [0.1, 0.15) is 0 Å². The Labute approximate surface area is 125 Å². The molecule has 106 valence electrons. The molecule has 0 aromatic heterocycles. The molecule has 0 spiro atoms. The van der Waals surface area contributed by atoms with Gasteiger partial charge in [0.2, 0.25) is 5.91 Å². The SMILES string of the molecule is C=C(C=N)N(C)C(=O)C(c1ccccc1)c1ccccc1. The molecule has 2 aromatic carbocycles. The van der Waals surface area contributed by atoms with Gasteiger partial charge in [0.25, 0.3) is 0 Å². The standard InChI is InChI=1S/C18H18N2O/c1-14(13-19)20(2)18(21)17(15-9-5-3-6-10-15)16-11-7-4-8-12-16/h3-13,17,19H,1H2,2H3. The number of nitrogens with zero attached hydrogens (tertiary/aromatic N) is 1. The molecule has 0 unspecified atom stereocenters. The molecule has 0 aliphatic carbocycles. The first-order chi connectivity index (χ1) is 10.1. The van der Waals surface area contributed by atoms with Crippen molar-refractivity contribution in [2.75, 3.05) is 7.05 Å². The van der Waals surface area contributed by atoms with Crippen LogP contribution < -0.4 is 0 Å². The fourth-order valence-electron chi connectivity index (χ4n) is 2.20. The molecule has 0 aliphatic heterocycles. The highest BCUT2D eigenvalue weighted by Gasteiger charge is 2.26. The average Bonchev–Trinajstić information content (AvgIpc) is 2.55. The van der Waals surface area contributed by atoms with Crippen molar-refractivity contribution in [3.8, 4) is 0 Å². The van der Waals surface area contributed by atoms with Crippen LogP contribution in [-0.2, 0) is 4.79 Å². The smallest absolute Gasteiger partial charge is 0.238 e. The lowest BCUT2D eigenvalue weighted by Gasteiger charge is -2.24. The van der Waals surface area contributed by atoms with E-state index in [1.807, 2.05) is 60.7 Å². The number of allylic oxidation sites excluding steroid dienone is 1. The van der Waals surface area contributed by atoms with Crippen molar-refractivity contribution in [1.82, 2.24) is 4.90 Å². The summed E-state index contributed by atoms with van der Waals surface area (Å²) < 4.78 is 0. The van der Waals surface area contributed by atoms with E-state index in [1.54, 1.807) is 7.05 Å². The third-order valence-electron chi connectivity index (χ3n) is 3.44. The van der Waals surface area contributed by atoms with Crippen LogP contribution in [0, 0.1) is 5.41 Å². The fourth-order valence-corrected chi connectivity index (χ4v) is 2.20. The molecule has 3 heteroatoms. The predicted molar refractivity (Wildman–Crippen MR) is 85.4 cm³/mol. The van der Waals surface area contributed by atoms with Crippen LogP contribution in [0.1, 0.15) is 17.0 Å². The van der Waals surface area contributed by atoms with Crippen molar-refractivity contribution in [3.05, 3.63) is 84.1 Å². The summed E-state index contributed by atoms with van der Waals surface area (Å²) >= 11 is 0. The molecule has 0 saturated heterocycles. The second-order valence-electron chi connectivity index (χ2n) is 4.79. The minimum atomic E-state index is -0.394. The predicted octanol–water partition coefficient (Wildman–Crippen LogP) is 3.44. The van der Waals surface area contributed by atoms with Gasteiger partial charge < -0.3 is 10.3 Å². The summed E-state index contributed by atoms with van der Waals surface area (Å²) in [6.45, 7) is 3.73. The fraction of sp³-hybridized carbons (Fsp3) is 0.111. The zero-order valence-corrected chi connectivity index (χ0v) is 12.0. The minimum Gasteiger partial charge on any atom is -0.314 e. The number of amides is 1. The highest BCUT2D eigenvalue weighted by atomic mass is 16.2. The van der Waals surface area contributed by atoms with Crippen molar-refractivity contribution >= 4 is 12.1 Å². The molecule has 0 fully saturated rings. The second-order valence-corrected chi connectivity index (χ2v) is 4.79. The Morgan fingerprint density at radius 1 is 1.05 bits per heavy atom. The Bertz CT molecular complexity index is 595. The van der Waals surface area contributed by atoms with Crippen LogP contribution in [0.5, 0.6) is 0 Å². The lowest BCUT2D eigenvalue weighted by molar-refractivity contribution is -0.128. The number of nitrogens with one attached hydrogen (secondary N) is 1. The number of rotatable bonds is 5. The number of benzene rings is 2. The topological polar surface area (TPSA) is 44.2 Å². The monoisotopic (exact) mass is 278 g/mol. The van der Waals surface area contributed by atoms with Gasteiger partial charge >= 0.3 is 0 Å². The van der Waals surface area contributed by atoms with Crippen LogP contribution in [0.2, 0.25) is 0 Å². The quantitative estimate of drug-likeness (QED) is 0.837. The first-order valence-corrected chi connectivity index (χ1v) is 6.72. The number of carbonyl (C=O) groups is 1. The highest BCUT2D eigenvalue weighted by molar-refractivity contribution is 5.92. The Kier molecular flexibility index (Phi) is 4.67. The van der Waals surface area contributed by atoms with Gasteiger partial charge in [-0.05, 0) is 11.1 Å². The van der Waals surface area contributed by atoms with Crippen molar-refractivity contribution in [3.63, 3.8) is 0 Å². The van der Waals surface area contributed by atoms with Gasteiger partial charge in [-0.1, -0.05) is 67.2 Å². The zero-order chi connectivity index (χ0) is 15.2. The molecule has 0 aliphatic rings. The van der Waals surface area contributed by atoms with Gasteiger partial charge in [0.15, 0.2) is 0 Å². The summed E-state index contributed by atoms with van der Waals surface area (Å²) in [7, 11) is 1.65. The molecule has 0 saturated carbocycles. The van der Waals surface area contributed by atoms with Crippen LogP contribution in [0.15, 0.2) is 72.9 Å². The van der Waals surface area contributed by atoms with Crippen molar-refractivity contribution in [1.29, 1.82) is 5.41 Å². The number of hydrogen-bond acceptors (Lipinski definition) is 2. The van der Waals surface area contributed by atoms with E-state index in [4.69, 9.17) is 5.41 Å². The Hall–Kier alpha value is -2.68. The normalized spacial score (nSPS) is 10.2. The van der Waals surface area contributed by atoms with Gasteiger partial charge in [-0.3, -0.25) is 4.79 Å². The largest absolute Gasteiger partial charge is 0.314 e. The molecule has 3 nitrogen and oxygen atoms in total. The Morgan fingerprint density at radius 3 is 1.86 bits per heavy atom. The average molecular weight is 278 g/mol. The third kappa shape index (κ3) is 3.26. The summed E-state index contributed by atoms with van der Waals surface area (Å²) in [5.74, 6) is -0.491. The molecule has 2 aromatic rings. The third-order valence-corrected chi connectivity index (χ3v) is 3.44. The van der Waals surface area contributed by atoms with Gasteiger partial charge in [-0.25, -0.2) is 0 Å². The molecule has 0 radical (unpaired) electrons. The molecule has 1 N–H and O–H groups in total. The first kappa shape index (κ1) is 14.7. The molecule has 0 bridgehead atoms. The van der Waals surface area contributed by atoms with E-state index in [2.05, 4.69) is 6.58 Å². The van der Waals surface area contributed by atoms with Gasteiger partial charge in [0.05, 0.1) is 11.6 Å². The lowest BCUT2D eigenvalue weighted by Crippen LogP contribution is -2.31. The maximum absolute atomic E-state index is 12.8. The highest BCUT2D eigenvalue weighted by Crippen LogP contribution is 2.27. The van der Waals surface area contributed by atoms with Crippen LogP contribution in [0.4, 0.5) is 0 Å². The lowest BCUT2D eigenvalue weighted by atomic mass is 9.90. The maximum atomic E-state index is 12.8. The summed E-state index contributed by atoms with van der Waals surface area (Å²) in [4.78, 5) is 14.2. The van der Waals surface area contributed by atoms with Crippen molar-refractivity contribution < 1.29 is 4.79 Å². The van der Waals surface area contributed by atoms with Crippen molar-refractivity contribution in [2.24, 2.45) is 0 Å². The minimum absolute atomic E-state index is 0.0964. The van der Waals surface area contributed by atoms with E-state index in [0.717, 1.165) is 17.3 Å².